The number of nitrogens with one attached hydrogen (secondary N) is 2. The highest BCUT2D eigenvalue weighted by atomic mass is 35.5. The van der Waals surface area contributed by atoms with Crippen molar-refractivity contribution in [2.45, 2.75) is 19.9 Å². The van der Waals surface area contributed by atoms with Gasteiger partial charge in [0.2, 0.25) is 0 Å². The molecule has 30 heavy (non-hydrogen) atoms. The molecule has 0 radical (unpaired) electrons. The molecule has 3 rings (SSSR count). The van der Waals surface area contributed by atoms with E-state index >= 15 is 0 Å². The van der Waals surface area contributed by atoms with Crippen LogP contribution in [0.3, 0.4) is 0 Å². The quantitative estimate of drug-likeness (QED) is 0.718. The van der Waals surface area contributed by atoms with Crippen molar-refractivity contribution in [1.82, 2.24) is 15.1 Å². The first-order chi connectivity index (χ1) is 14.3. The zero-order chi connectivity index (χ0) is 21.7. The van der Waals surface area contributed by atoms with E-state index in [2.05, 4.69) is 58.7 Å². The van der Waals surface area contributed by atoms with Crippen molar-refractivity contribution in [3.63, 3.8) is 0 Å². The van der Waals surface area contributed by atoms with E-state index in [1.54, 1.807) is 25.1 Å². The molecule has 1 aliphatic heterocycles. The van der Waals surface area contributed by atoms with Crippen LogP contribution in [0, 0.1) is 13.8 Å². The lowest BCUT2D eigenvalue weighted by Crippen LogP contribution is -2.49. The average Bonchev–Trinajstić information content (AvgIpc) is 2.73. The van der Waals surface area contributed by atoms with Crippen LogP contribution in [-0.4, -0.2) is 61.4 Å². The van der Waals surface area contributed by atoms with E-state index in [-0.39, 0.29) is 6.04 Å². The fraction of sp³-hybridized carbons (Fsp3) is 0.391. The molecule has 0 bridgehead atoms. The summed E-state index contributed by atoms with van der Waals surface area (Å²) in [6.07, 6.45) is 0. The summed E-state index contributed by atoms with van der Waals surface area (Å²) in [6, 6.07) is 13.6. The number of aryl methyl sites for hydroxylation is 1. The number of rotatable bonds is 5. The molecule has 0 aliphatic carbocycles. The van der Waals surface area contributed by atoms with Gasteiger partial charge in [-0.05, 0) is 44.2 Å². The first-order valence-electron chi connectivity index (χ1n) is 10.2. The van der Waals surface area contributed by atoms with Crippen molar-refractivity contribution in [1.29, 1.82) is 0 Å². The van der Waals surface area contributed by atoms with Crippen molar-refractivity contribution < 1.29 is 9.59 Å². The lowest BCUT2D eigenvalue weighted by molar-refractivity contribution is -0.136. The predicted octanol–water partition coefficient (Wildman–Crippen LogP) is 3.00. The van der Waals surface area contributed by atoms with Crippen LogP contribution in [0.4, 0.5) is 5.69 Å². The van der Waals surface area contributed by atoms with Gasteiger partial charge in [-0.25, -0.2) is 0 Å². The fourth-order valence-electron chi connectivity index (χ4n) is 3.57. The number of amides is 2. The summed E-state index contributed by atoms with van der Waals surface area (Å²) < 4.78 is 0. The SMILES string of the molecule is Cc1ccc(C(CNC(=O)C(=O)Nc2cccc(Cl)c2C)N2CCN(C)CC2)cc1. The Morgan fingerprint density at radius 3 is 2.33 bits per heavy atom. The van der Waals surface area contributed by atoms with Crippen molar-refractivity contribution in [3.8, 4) is 0 Å². The fourth-order valence-corrected chi connectivity index (χ4v) is 3.75. The molecule has 0 spiro atoms. The number of carbonyl (C=O) groups is 2. The van der Waals surface area contributed by atoms with Gasteiger partial charge in [0.05, 0.1) is 6.04 Å². The molecule has 7 heteroatoms. The minimum atomic E-state index is -0.693. The average molecular weight is 429 g/mol. The largest absolute Gasteiger partial charge is 0.346 e. The van der Waals surface area contributed by atoms with Gasteiger partial charge in [0, 0.05) is 43.4 Å². The molecule has 1 atom stereocenters. The summed E-state index contributed by atoms with van der Waals surface area (Å²) in [5.41, 5.74) is 3.60. The molecule has 160 valence electrons. The van der Waals surface area contributed by atoms with Gasteiger partial charge < -0.3 is 15.5 Å². The van der Waals surface area contributed by atoms with Gasteiger partial charge in [-0.2, -0.15) is 0 Å². The molecule has 6 nitrogen and oxygen atoms in total. The summed E-state index contributed by atoms with van der Waals surface area (Å²) in [5, 5.41) is 6.01. The second-order valence-electron chi connectivity index (χ2n) is 7.84. The Morgan fingerprint density at radius 1 is 1.00 bits per heavy atom. The van der Waals surface area contributed by atoms with Crippen LogP contribution in [0.2, 0.25) is 5.02 Å². The third-order valence-electron chi connectivity index (χ3n) is 5.62. The number of anilines is 1. The number of carbonyl (C=O) groups excluding carboxylic acids is 2. The topological polar surface area (TPSA) is 64.7 Å². The molecule has 2 aromatic carbocycles. The second-order valence-corrected chi connectivity index (χ2v) is 8.25. The van der Waals surface area contributed by atoms with Gasteiger partial charge in [-0.15, -0.1) is 0 Å². The van der Waals surface area contributed by atoms with Gasteiger partial charge in [0.25, 0.3) is 0 Å². The van der Waals surface area contributed by atoms with E-state index < -0.39 is 11.8 Å². The third-order valence-corrected chi connectivity index (χ3v) is 6.03. The first kappa shape index (κ1) is 22.3. The number of hydrogen-bond acceptors (Lipinski definition) is 4. The van der Waals surface area contributed by atoms with Gasteiger partial charge in [-0.1, -0.05) is 47.5 Å². The highest BCUT2D eigenvalue weighted by Crippen LogP contribution is 2.24. The van der Waals surface area contributed by atoms with E-state index in [0.29, 0.717) is 17.3 Å². The smallest absolute Gasteiger partial charge is 0.313 e. The van der Waals surface area contributed by atoms with Crippen LogP contribution in [0.15, 0.2) is 42.5 Å². The minimum absolute atomic E-state index is 0.0176. The highest BCUT2D eigenvalue weighted by molar-refractivity contribution is 6.40. The Balaban J connectivity index is 1.66. The van der Waals surface area contributed by atoms with Crippen molar-refractivity contribution in [2.24, 2.45) is 0 Å². The monoisotopic (exact) mass is 428 g/mol. The molecule has 2 N–H and O–H groups in total. The van der Waals surface area contributed by atoms with E-state index in [9.17, 15) is 9.59 Å². The molecular formula is C23H29ClN4O2. The lowest BCUT2D eigenvalue weighted by atomic mass is 10.0. The van der Waals surface area contributed by atoms with Crippen LogP contribution < -0.4 is 10.6 Å². The Kier molecular flexibility index (Phi) is 7.48. The zero-order valence-electron chi connectivity index (χ0n) is 17.7. The van der Waals surface area contributed by atoms with E-state index in [1.807, 2.05) is 0 Å². The maximum absolute atomic E-state index is 12.5. The Hall–Kier alpha value is -2.41. The number of piperazine rings is 1. The van der Waals surface area contributed by atoms with E-state index in [1.165, 1.54) is 5.56 Å². The number of benzene rings is 2. The molecule has 1 fully saturated rings. The number of halogens is 1. The summed E-state index contributed by atoms with van der Waals surface area (Å²) >= 11 is 6.09. The van der Waals surface area contributed by atoms with Crippen LogP contribution in [0.1, 0.15) is 22.7 Å². The third kappa shape index (κ3) is 5.59. The van der Waals surface area contributed by atoms with Crippen molar-refractivity contribution in [2.75, 3.05) is 45.1 Å². The molecule has 1 saturated heterocycles. The Morgan fingerprint density at radius 2 is 1.67 bits per heavy atom. The number of nitrogens with zero attached hydrogens (tertiary/aromatic N) is 2. The molecule has 1 heterocycles. The Labute approximate surface area is 183 Å². The van der Waals surface area contributed by atoms with Crippen LogP contribution in [0.25, 0.3) is 0 Å². The van der Waals surface area contributed by atoms with Crippen LogP contribution in [0.5, 0.6) is 0 Å². The normalized spacial score (nSPS) is 16.1. The van der Waals surface area contributed by atoms with Crippen molar-refractivity contribution in [3.05, 3.63) is 64.2 Å². The maximum Gasteiger partial charge on any atom is 0.313 e. The number of hydrogen-bond donors (Lipinski definition) is 2. The highest BCUT2D eigenvalue weighted by Gasteiger charge is 2.25. The second kappa shape index (κ2) is 10.1. The van der Waals surface area contributed by atoms with E-state index in [4.69, 9.17) is 11.6 Å². The molecular weight excluding hydrogens is 400 g/mol. The minimum Gasteiger partial charge on any atom is -0.346 e. The van der Waals surface area contributed by atoms with Gasteiger partial charge in [-0.3, -0.25) is 14.5 Å². The van der Waals surface area contributed by atoms with Crippen LogP contribution >= 0.6 is 11.6 Å². The summed E-state index contributed by atoms with van der Waals surface area (Å²) in [4.78, 5) is 29.5. The molecule has 0 aromatic heterocycles. The molecule has 2 aromatic rings. The molecule has 2 amide bonds. The molecule has 1 aliphatic rings. The molecule has 0 saturated carbocycles. The maximum atomic E-state index is 12.5. The van der Waals surface area contributed by atoms with Gasteiger partial charge >= 0.3 is 11.8 Å². The standard InChI is InChI=1S/C23H29ClN4O2/c1-16-7-9-18(10-8-16)21(28-13-11-27(3)12-14-28)15-25-22(29)23(30)26-20-6-4-5-19(24)17(20)2/h4-10,21H,11-15H2,1-3H3,(H,25,29)(H,26,30). The zero-order valence-corrected chi connectivity index (χ0v) is 18.5. The Bertz CT molecular complexity index is 893. The van der Waals surface area contributed by atoms with Crippen molar-refractivity contribution >= 4 is 29.1 Å². The number of likely N-dealkylation sites (N-methyl/N-ethyl adjacent to an activating group) is 1. The predicted molar refractivity (Wildman–Crippen MR) is 121 cm³/mol. The van der Waals surface area contributed by atoms with Gasteiger partial charge in [0.15, 0.2) is 0 Å². The lowest BCUT2D eigenvalue weighted by Gasteiger charge is -2.38. The van der Waals surface area contributed by atoms with Gasteiger partial charge in [0.1, 0.15) is 0 Å². The molecule has 1 unspecified atom stereocenters. The summed E-state index contributed by atoms with van der Waals surface area (Å²) in [7, 11) is 2.11. The van der Waals surface area contributed by atoms with Crippen LogP contribution in [-0.2, 0) is 9.59 Å². The summed E-state index contributed by atoms with van der Waals surface area (Å²) in [5.74, 6) is -1.35. The summed E-state index contributed by atoms with van der Waals surface area (Å²) in [6.45, 7) is 8.01. The van der Waals surface area contributed by atoms with E-state index in [0.717, 1.165) is 37.3 Å². The first-order valence-corrected chi connectivity index (χ1v) is 10.6.